The van der Waals surface area contributed by atoms with Crippen molar-refractivity contribution in [1.82, 2.24) is 15.5 Å². The number of aliphatic hydroxyl groups excluding tert-OH is 1. The van der Waals surface area contributed by atoms with Gasteiger partial charge in [0, 0.05) is 29.2 Å². The molecule has 3 amide bonds. The van der Waals surface area contributed by atoms with Gasteiger partial charge in [0.05, 0.1) is 43.9 Å². The van der Waals surface area contributed by atoms with E-state index in [-0.39, 0.29) is 52.6 Å². The summed E-state index contributed by atoms with van der Waals surface area (Å²) in [5.74, 6) is -2.63. The van der Waals surface area contributed by atoms with E-state index in [1.54, 1.807) is 19.1 Å². The summed E-state index contributed by atoms with van der Waals surface area (Å²) in [5, 5.41) is 25.9. The molecular formula is C26H34N4O8S. The summed E-state index contributed by atoms with van der Waals surface area (Å²) in [6.45, 7) is 4.17. The molecule has 0 aliphatic carbocycles. The first kappa shape index (κ1) is 28.7. The Morgan fingerprint density at radius 2 is 2.00 bits per heavy atom. The number of carboxylic acids is 1. The van der Waals surface area contributed by atoms with Gasteiger partial charge in [-0.3, -0.25) is 14.4 Å². The number of carboxylic acid groups (broad SMARTS) is 1. The Labute approximate surface area is 230 Å². The van der Waals surface area contributed by atoms with Crippen LogP contribution in [0.2, 0.25) is 0 Å². The number of β-lactam (4-membered cyclic amide) rings is 1. The van der Waals surface area contributed by atoms with Crippen LogP contribution >= 0.6 is 11.8 Å². The van der Waals surface area contributed by atoms with Gasteiger partial charge >= 0.3 is 5.97 Å². The molecule has 212 valence electrons. The lowest BCUT2D eigenvalue weighted by Gasteiger charge is -2.46. The molecule has 6 atom stereocenters. The number of nitrogens with one attached hydrogen (secondary N) is 2. The van der Waals surface area contributed by atoms with Gasteiger partial charge in [0.2, 0.25) is 11.8 Å². The number of thioether (sulfide) groups is 1. The highest BCUT2D eigenvalue weighted by Gasteiger charge is 2.60. The average Bonchev–Trinajstić information content (AvgIpc) is 3.44. The molecule has 13 heteroatoms. The number of amides is 3. The molecule has 0 bridgehead atoms. The van der Waals surface area contributed by atoms with Crippen molar-refractivity contribution in [2.75, 3.05) is 27.3 Å². The predicted molar refractivity (Wildman–Crippen MR) is 142 cm³/mol. The SMILES string of the molecule is COc1ccc(CCNC(=O)C2CC(SC3=C(C(=O)O)N4C(=O)[C@H](C(C)O)C4[C@H]3C)CN2)c(C(N)=O)c1OC. The van der Waals surface area contributed by atoms with Gasteiger partial charge in [0.1, 0.15) is 5.70 Å². The van der Waals surface area contributed by atoms with Crippen molar-refractivity contribution in [1.29, 1.82) is 0 Å². The summed E-state index contributed by atoms with van der Waals surface area (Å²) in [6.07, 6.45) is -0.0435. The minimum atomic E-state index is -1.17. The number of hydrogen-bond donors (Lipinski definition) is 5. The van der Waals surface area contributed by atoms with Crippen molar-refractivity contribution in [2.24, 2.45) is 17.6 Å². The van der Waals surface area contributed by atoms with E-state index in [0.29, 0.717) is 35.6 Å². The highest BCUT2D eigenvalue weighted by molar-refractivity contribution is 8.03. The first-order valence-electron chi connectivity index (χ1n) is 12.7. The summed E-state index contributed by atoms with van der Waals surface area (Å²) < 4.78 is 10.5. The third-order valence-corrected chi connectivity index (χ3v) is 9.10. The monoisotopic (exact) mass is 562 g/mol. The van der Waals surface area contributed by atoms with Crippen molar-refractivity contribution in [3.63, 3.8) is 0 Å². The number of aliphatic hydroxyl groups is 1. The molecule has 1 aromatic carbocycles. The van der Waals surface area contributed by atoms with E-state index in [4.69, 9.17) is 15.2 Å². The Bertz CT molecular complexity index is 1220. The summed E-state index contributed by atoms with van der Waals surface area (Å²) in [4.78, 5) is 51.4. The quantitative estimate of drug-likeness (QED) is 0.232. The van der Waals surface area contributed by atoms with Gasteiger partial charge in [-0.1, -0.05) is 13.0 Å². The second-order valence-electron chi connectivity index (χ2n) is 9.95. The number of nitrogens with two attached hydrogens (primary N) is 1. The van der Waals surface area contributed by atoms with Gasteiger partial charge in [-0.05, 0) is 31.4 Å². The van der Waals surface area contributed by atoms with Crippen LogP contribution in [0, 0.1) is 11.8 Å². The molecule has 1 aromatic rings. The highest BCUT2D eigenvalue weighted by Crippen LogP contribution is 2.51. The van der Waals surface area contributed by atoms with Gasteiger partial charge in [-0.25, -0.2) is 4.79 Å². The topological polar surface area (TPSA) is 181 Å². The fraction of sp³-hybridized carbons (Fsp3) is 0.538. The number of carbonyl (C=O) groups excluding carboxylic acids is 3. The molecule has 3 heterocycles. The molecule has 4 rings (SSSR count). The second-order valence-corrected chi connectivity index (χ2v) is 11.3. The van der Waals surface area contributed by atoms with Crippen molar-refractivity contribution < 1.29 is 38.9 Å². The number of benzene rings is 1. The van der Waals surface area contributed by atoms with Crippen molar-refractivity contribution in [3.8, 4) is 11.5 Å². The van der Waals surface area contributed by atoms with Crippen LogP contribution in [0.3, 0.4) is 0 Å². The van der Waals surface area contributed by atoms with Crippen LogP contribution in [0.1, 0.15) is 36.2 Å². The van der Waals surface area contributed by atoms with E-state index in [1.165, 1.54) is 30.9 Å². The fourth-order valence-corrected chi connectivity index (χ4v) is 7.22. The fourth-order valence-electron chi connectivity index (χ4n) is 5.74. The molecule has 0 aromatic heterocycles. The maximum absolute atomic E-state index is 12.9. The van der Waals surface area contributed by atoms with Crippen LogP contribution in [-0.2, 0) is 20.8 Å². The van der Waals surface area contributed by atoms with Crippen LogP contribution in [-0.4, -0.2) is 89.6 Å². The first-order valence-corrected chi connectivity index (χ1v) is 13.6. The largest absolute Gasteiger partial charge is 0.493 e. The second kappa shape index (κ2) is 11.4. The maximum atomic E-state index is 12.9. The zero-order valence-electron chi connectivity index (χ0n) is 22.2. The molecule has 0 radical (unpaired) electrons. The molecule has 0 spiro atoms. The van der Waals surface area contributed by atoms with Crippen LogP contribution < -0.4 is 25.8 Å². The Kier molecular flexibility index (Phi) is 8.42. The molecule has 3 aliphatic rings. The number of methoxy groups -OCH3 is 2. The number of nitrogens with zero attached hydrogens (tertiary/aromatic N) is 1. The third-order valence-electron chi connectivity index (χ3n) is 7.58. The van der Waals surface area contributed by atoms with E-state index in [9.17, 15) is 29.4 Å². The summed E-state index contributed by atoms with van der Waals surface area (Å²) in [5.41, 5.74) is 6.37. The van der Waals surface area contributed by atoms with Crippen molar-refractivity contribution in [3.05, 3.63) is 33.9 Å². The van der Waals surface area contributed by atoms with Gasteiger partial charge in [-0.15, -0.1) is 11.8 Å². The number of fused-ring (bicyclic) bond motifs is 1. The maximum Gasteiger partial charge on any atom is 0.353 e. The normalized spacial score (nSPS) is 26.6. The molecule has 6 N–H and O–H groups in total. The van der Waals surface area contributed by atoms with Gasteiger partial charge in [0.15, 0.2) is 11.5 Å². The molecule has 2 fully saturated rings. The van der Waals surface area contributed by atoms with E-state index in [2.05, 4.69) is 10.6 Å². The molecule has 39 heavy (non-hydrogen) atoms. The van der Waals surface area contributed by atoms with Crippen molar-refractivity contribution in [2.45, 2.75) is 50.1 Å². The third kappa shape index (κ3) is 5.18. The molecule has 12 nitrogen and oxygen atoms in total. The molecular weight excluding hydrogens is 528 g/mol. The Morgan fingerprint density at radius 1 is 1.28 bits per heavy atom. The summed E-state index contributed by atoms with van der Waals surface area (Å²) >= 11 is 1.38. The van der Waals surface area contributed by atoms with E-state index < -0.39 is 29.9 Å². The molecule has 2 saturated heterocycles. The average molecular weight is 563 g/mol. The zero-order chi connectivity index (χ0) is 28.6. The van der Waals surface area contributed by atoms with E-state index >= 15 is 0 Å². The number of primary amides is 1. The predicted octanol–water partition coefficient (Wildman–Crippen LogP) is 0.0788. The molecule has 4 unspecified atom stereocenters. The molecule has 3 aliphatic heterocycles. The van der Waals surface area contributed by atoms with Crippen LogP contribution in [0.5, 0.6) is 11.5 Å². The Hall–Kier alpha value is -3.29. The lowest BCUT2D eigenvalue weighted by molar-refractivity contribution is -0.163. The minimum Gasteiger partial charge on any atom is -0.493 e. The standard InChI is InChI=1S/C26H34N4O8S/c1-11-19-17(12(2)31)25(34)30(19)20(26(35)36)22(11)39-14-9-15(29-10-14)24(33)28-8-7-13-5-6-16(37-3)21(38-4)18(13)23(27)32/h5-6,11-12,14-15,17,19,29,31H,7-10H2,1-4H3,(H2,27,32)(H,28,33)(H,35,36)/t11-,12?,14?,15?,17-,19?/m1/s1. The lowest BCUT2D eigenvalue weighted by atomic mass is 9.79. The van der Waals surface area contributed by atoms with Gasteiger partial charge in [-0.2, -0.15) is 0 Å². The molecule has 0 saturated carbocycles. The van der Waals surface area contributed by atoms with E-state index in [0.717, 1.165) is 0 Å². The number of hydrogen-bond acceptors (Lipinski definition) is 9. The van der Waals surface area contributed by atoms with Crippen LogP contribution in [0.4, 0.5) is 0 Å². The smallest absolute Gasteiger partial charge is 0.353 e. The van der Waals surface area contributed by atoms with Gasteiger partial charge < -0.3 is 41.0 Å². The number of aliphatic carboxylic acids is 1. The number of rotatable bonds is 11. The highest BCUT2D eigenvalue weighted by atomic mass is 32.2. The first-order chi connectivity index (χ1) is 18.5. The Balaban J connectivity index is 1.36. The lowest BCUT2D eigenvalue weighted by Crippen LogP contribution is -2.63. The Morgan fingerprint density at radius 3 is 2.59 bits per heavy atom. The number of carbonyl (C=O) groups is 4. The van der Waals surface area contributed by atoms with Crippen LogP contribution in [0.25, 0.3) is 0 Å². The summed E-state index contributed by atoms with van der Waals surface area (Å²) in [6, 6.07) is 2.53. The minimum absolute atomic E-state index is 0.0209. The zero-order valence-corrected chi connectivity index (χ0v) is 23.0. The van der Waals surface area contributed by atoms with Gasteiger partial charge in [0.25, 0.3) is 5.91 Å². The summed E-state index contributed by atoms with van der Waals surface area (Å²) in [7, 11) is 2.88. The van der Waals surface area contributed by atoms with E-state index in [1.807, 2.05) is 6.92 Å². The van der Waals surface area contributed by atoms with Crippen LogP contribution in [0.15, 0.2) is 22.7 Å². The van der Waals surface area contributed by atoms with Crippen molar-refractivity contribution >= 4 is 35.5 Å². The number of ether oxygens (including phenoxy) is 2.